The lowest BCUT2D eigenvalue weighted by Gasteiger charge is -2.17. The summed E-state index contributed by atoms with van der Waals surface area (Å²) in [5, 5.41) is 16.3. The normalized spacial score (nSPS) is 19.3. The second-order valence-electron chi connectivity index (χ2n) is 7.51. The van der Waals surface area contributed by atoms with Gasteiger partial charge in [0.2, 0.25) is 11.8 Å². The summed E-state index contributed by atoms with van der Waals surface area (Å²) in [5.74, 6) is -4.91. The Morgan fingerprint density at radius 1 is 1.00 bits per heavy atom. The minimum atomic E-state index is -6.02. The van der Waals surface area contributed by atoms with Gasteiger partial charge in [-0.25, -0.2) is 4.79 Å². The number of aromatic nitrogens is 1. The molecule has 0 saturated carbocycles. The number of benzene rings is 2. The lowest BCUT2D eigenvalue weighted by molar-refractivity contribution is -0.151. The predicted molar refractivity (Wildman–Crippen MR) is 107 cm³/mol. The standard InChI is InChI=1S/C21H15F2NO7S/c22-21(23,20(27)30-15-7-3-5-11-4-1-2-6-14(11)15)32(28,29)31-24-18(25)16-12-8-9-13(10-12)17(16)19(24)26/h1-9,12-13,25-26H,10H2. The van der Waals surface area contributed by atoms with E-state index >= 15 is 0 Å². The van der Waals surface area contributed by atoms with Gasteiger partial charge in [0.25, 0.3) is 0 Å². The molecule has 0 saturated heterocycles. The van der Waals surface area contributed by atoms with Crippen molar-refractivity contribution >= 4 is 26.9 Å². The maximum Gasteiger partial charge on any atom is 0.479 e. The van der Waals surface area contributed by atoms with Crippen molar-refractivity contribution < 1.29 is 41.2 Å². The summed E-state index contributed by atoms with van der Waals surface area (Å²) >= 11 is 0. The van der Waals surface area contributed by atoms with E-state index in [4.69, 9.17) is 4.74 Å². The van der Waals surface area contributed by atoms with Crippen LogP contribution in [-0.2, 0) is 14.9 Å². The summed E-state index contributed by atoms with van der Waals surface area (Å²) in [5.41, 5.74) is 0.402. The Kier molecular flexibility index (Phi) is 4.25. The molecule has 2 aliphatic rings. The summed E-state index contributed by atoms with van der Waals surface area (Å²) in [7, 11) is -6.02. The van der Waals surface area contributed by atoms with E-state index in [0.717, 1.165) is 0 Å². The van der Waals surface area contributed by atoms with Gasteiger partial charge in [0.1, 0.15) is 5.75 Å². The first kappa shape index (κ1) is 20.3. The molecule has 5 rings (SSSR count). The Bertz CT molecular complexity index is 1370. The van der Waals surface area contributed by atoms with Gasteiger partial charge >= 0.3 is 21.3 Å². The molecule has 2 aliphatic carbocycles. The van der Waals surface area contributed by atoms with Crippen LogP contribution in [0.4, 0.5) is 8.78 Å². The molecule has 0 fully saturated rings. The van der Waals surface area contributed by atoms with E-state index in [1.165, 1.54) is 18.2 Å². The highest BCUT2D eigenvalue weighted by molar-refractivity contribution is 7.88. The molecule has 1 aromatic heterocycles. The minimum absolute atomic E-state index is 0.00867. The molecule has 2 unspecified atom stereocenters. The highest BCUT2D eigenvalue weighted by atomic mass is 32.2. The van der Waals surface area contributed by atoms with E-state index in [9.17, 15) is 32.2 Å². The minimum Gasteiger partial charge on any atom is -0.492 e. The van der Waals surface area contributed by atoms with Gasteiger partial charge in [0.05, 0.1) is 0 Å². The summed E-state index contributed by atoms with van der Waals surface area (Å²) < 4.78 is 62.8. The maximum atomic E-state index is 14.6. The van der Waals surface area contributed by atoms with Gasteiger partial charge in [-0.05, 0) is 17.9 Å². The first-order valence-corrected chi connectivity index (χ1v) is 10.9. The van der Waals surface area contributed by atoms with E-state index < -0.39 is 33.1 Å². The number of halogens is 2. The van der Waals surface area contributed by atoms with Crippen molar-refractivity contribution in [1.82, 2.24) is 4.73 Å². The zero-order valence-corrected chi connectivity index (χ0v) is 16.9. The Balaban J connectivity index is 1.44. The summed E-state index contributed by atoms with van der Waals surface area (Å²) in [6.45, 7) is 0. The van der Waals surface area contributed by atoms with E-state index in [2.05, 4.69) is 4.28 Å². The molecule has 3 aromatic rings. The topological polar surface area (TPSA) is 115 Å². The number of nitrogens with zero attached hydrogens (tertiary/aromatic N) is 1. The molecule has 1 heterocycles. The molecule has 0 spiro atoms. The van der Waals surface area contributed by atoms with Crippen molar-refractivity contribution in [3.63, 3.8) is 0 Å². The number of allylic oxidation sites excluding steroid dienone is 2. The summed E-state index contributed by atoms with van der Waals surface area (Å²) in [6, 6.07) is 10.8. The third kappa shape index (κ3) is 2.77. The first-order chi connectivity index (χ1) is 15.1. The first-order valence-electron chi connectivity index (χ1n) is 9.49. The van der Waals surface area contributed by atoms with Crippen molar-refractivity contribution in [3.8, 4) is 17.5 Å². The Hall–Kier alpha value is -3.60. The number of ether oxygens (including phenoxy) is 1. The number of rotatable bonds is 5. The largest absolute Gasteiger partial charge is 0.492 e. The molecule has 166 valence electrons. The molecule has 2 aromatic carbocycles. The fourth-order valence-electron chi connectivity index (χ4n) is 4.18. The Morgan fingerprint density at radius 2 is 1.59 bits per heavy atom. The molecule has 2 N–H and O–H groups in total. The van der Waals surface area contributed by atoms with Gasteiger partial charge in [0.15, 0.2) is 0 Å². The number of hydrogen-bond donors (Lipinski definition) is 2. The highest BCUT2D eigenvalue weighted by Crippen LogP contribution is 2.56. The molecular weight excluding hydrogens is 448 g/mol. The fourth-order valence-corrected chi connectivity index (χ4v) is 4.86. The molecule has 0 aliphatic heterocycles. The van der Waals surface area contributed by atoms with Crippen LogP contribution < -0.4 is 9.02 Å². The number of aromatic hydroxyl groups is 2. The van der Waals surface area contributed by atoms with Crippen molar-refractivity contribution in [3.05, 3.63) is 65.7 Å². The van der Waals surface area contributed by atoms with Gasteiger partial charge in [-0.2, -0.15) is 17.2 Å². The van der Waals surface area contributed by atoms with Crippen LogP contribution in [0.2, 0.25) is 0 Å². The third-order valence-corrected chi connectivity index (χ3v) is 6.80. The molecule has 8 nitrogen and oxygen atoms in total. The van der Waals surface area contributed by atoms with Gasteiger partial charge in [0, 0.05) is 28.3 Å². The molecule has 0 radical (unpaired) electrons. The number of fused-ring (bicyclic) bond motifs is 6. The maximum absolute atomic E-state index is 14.6. The average molecular weight is 463 g/mol. The van der Waals surface area contributed by atoms with Crippen LogP contribution in [-0.4, -0.2) is 34.6 Å². The fraction of sp³-hybridized carbons (Fsp3) is 0.190. The van der Waals surface area contributed by atoms with Crippen LogP contribution in [0.3, 0.4) is 0 Å². The van der Waals surface area contributed by atoms with Gasteiger partial charge in [-0.1, -0.05) is 53.3 Å². The summed E-state index contributed by atoms with van der Waals surface area (Å²) in [6.07, 6.45) is 4.06. The lowest BCUT2D eigenvalue weighted by atomic mass is 10.0. The number of esters is 1. The second kappa shape index (κ2) is 6.70. The van der Waals surface area contributed by atoms with Gasteiger partial charge in [-0.15, -0.1) is 0 Å². The third-order valence-electron chi connectivity index (χ3n) is 5.66. The van der Waals surface area contributed by atoms with E-state index in [1.54, 1.807) is 36.4 Å². The van der Waals surface area contributed by atoms with Crippen LogP contribution >= 0.6 is 0 Å². The number of alkyl halides is 2. The molecule has 2 bridgehead atoms. The van der Waals surface area contributed by atoms with Crippen molar-refractivity contribution in [2.24, 2.45) is 0 Å². The predicted octanol–water partition coefficient (Wildman–Crippen LogP) is 3.15. The lowest BCUT2D eigenvalue weighted by Crippen LogP contribution is -2.45. The van der Waals surface area contributed by atoms with Gasteiger partial charge in [-0.3, -0.25) is 4.28 Å². The van der Waals surface area contributed by atoms with E-state index in [1.807, 2.05) is 0 Å². The summed E-state index contributed by atoms with van der Waals surface area (Å²) in [4.78, 5) is 12.2. The molecule has 32 heavy (non-hydrogen) atoms. The van der Waals surface area contributed by atoms with Crippen molar-refractivity contribution in [2.75, 3.05) is 0 Å². The quantitative estimate of drug-likeness (QED) is 0.339. The average Bonchev–Trinajstić information content (AvgIpc) is 3.44. The number of carbonyl (C=O) groups is 1. The Labute approximate surface area is 180 Å². The van der Waals surface area contributed by atoms with Crippen LogP contribution in [0.15, 0.2) is 54.6 Å². The zero-order chi connectivity index (χ0) is 22.8. The number of carbonyl (C=O) groups excluding carboxylic acids is 1. The Morgan fingerprint density at radius 3 is 2.25 bits per heavy atom. The monoisotopic (exact) mass is 463 g/mol. The highest BCUT2D eigenvalue weighted by Gasteiger charge is 2.58. The molecular formula is C21H15F2NO7S. The molecule has 11 heteroatoms. The molecule has 0 amide bonds. The van der Waals surface area contributed by atoms with E-state index in [-0.39, 0.29) is 33.4 Å². The van der Waals surface area contributed by atoms with Crippen LogP contribution in [0.1, 0.15) is 29.4 Å². The van der Waals surface area contributed by atoms with Crippen LogP contribution in [0.5, 0.6) is 17.5 Å². The van der Waals surface area contributed by atoms with Gasteiger partial charge < -0.3 is 14.9 Å². The smallest absolute Gasteiger partial charge is 0.479 e. The number of hydrogen-bond acceptors (Lipinski definition) is 7. The SMILES string of the molecule is O=C(Oc1cccc2ccccc12)C(F)(F)S(=O)(=O)On1c(O)c2c(c1O)C1C=CC2C1. The second-order valence-corrected chi connectivity index (χ2v) is 9.08. The van der Waals surface area contributed by atoms with Crippen molar-refractivity contribution in [1.29, 1.82) is 0 Å². The van der Waals surface area contributed by atoms with E-state index in [0.29, 0.717) is 17.2 Å². The molecule has 2 atom stereocenters. The zero-order valence-electron chi connectivity index (χ0n) is 16.1. The van der Waals surface area contributed by atoms with Crippen molar-refractivity contribution in [2.45, 2.75) is 23.5 Å². The van der Waals surface area contributed by atoms with Crippen LogP contribution in [0.25, 0.3) is 10.8 Å². The van der Waals surface area contributed by atoms with Crippen LogP contribution in [0, 0.1) is 0 Å².